The molecule has 122 valence electrons. The Hall–Kier alpha value is -1.96. The molecule has 0 aliphatic carbocycles. The van der Waals surface area contributed by atoms with Gasteiger partial charge in [0.05, 0.1) is 29.5 Å². The number of ether oxygens (including phenoxy) is 1. The molecule has 3 rings (SSSR count). The van der Waals surface area contributed by atoms with Gasteiger partial charge in [0.2, 0.25) is 0 Å². The van der Waals surface area contributed by atoms with E-state index in [4.69, 9.17) is 27.9 Å². The normalized spacial score (nSPS) is 17.8. The first kappa shape index (κ1) is 15.9. The van der Waals surface area contributed by atoms with Gasteiger partial charge in [-0.15, -0.1) is 0 Å². The predicted octanol–water partition coefficient (Wildman–Crippen LogP) is 2.95. The second-order valence-corrected chi connectivity index (χ2v) is 5.72. The summed E-state index contributed by atoms with van der Waals surface area (Å²) in [6.45, 7) is 2.09. The Morgan fingerprint density at radius 1 is 1.17 bits per heavy atom. The largest absolute Gasteiger partial charge is 0.378 e. The van der Waals surface area contributed by atoms with E-state index in [2.05, 4.69) is 10.6 Å². The molecule has 23 heavy (non-hydrogen) atoms. The van der Waals surface area contributed by atoms with Crippen LogP contribution >= 0.6 is 23.2 Å². The van der Waals surface area contributed by atoms with Crippen LogP contribution in [0.2, 0.25) is 0 Å². The summed E-state index contributed by atoms with van der Waals surface area (Å²) in [6, 6.07) is 7.29. The lowest BCUT2D eigenvalue weighted by molar-refractivity contribution is -0.420. The fourth-order valence-electron chi connectivity index (χ4n) is 2.40. The molecule has 2 N–H and O–H groups in total. The van der Waals surface area contributed by atoms with Crippen LogP contribution in [0.4, 0.5) is 11.4 Å². The van der Waals surface area contributed by atoms with Crippen molar-refractivity contribution in [3.8, 4) is 0 Å². The number of nitrogens with one attached hydrogen (secondary N) is 2. The molecule has 0 atom stereocenters. The standard InChI is InChI=1S/C14H14Cl2N4O3/c15-11(13(16)19-5-7-23-8-6-19)12(20(21)22)14-17-9-3-1-2-4-10(9)18-14/h1-4,17-18H,5-8H2/b13-11-. The molecule has 9 heteroatoms. The number of fused-ring (bicyclic) bond motifs is 1. The smallest absolute Gasteiger partial charge is 0.331 e. The first-order valence-corrected chi connectivity index (χ1v) is 7.73. The van der Waals surface area contributed by atoms with Gasteiger partial charge in [-0.05, 0) is 12.1 Å². The van der Waals surface area contributed by atoms with E-state index in [0.717, 1.165) is 11.4 Å². The van der Waals surface area contributed by atoms with Gasteiger partial charge < -0.3 is 20.3 Å². The van der Waals surface area contributed by atoms with E-state index in [0.29, 0.717) is 26.3 Å². The number of nitro groups is 1. The monoisotopic (exact) mass is 356 g/mol. The average molecular weight is 357 g/mol. The van der Waals surface area contributed by atoms with Crippen LogP contribution < -0.4 is 10.6 Å². The van der Waals surface area contributed by atoms with E-state index >= 15 is 0 Å². The third-order valence-corrected chi connectivity index (χ3v) is 4.43. The van der Waals surface area contributed by atoms with Crippen molar-refractivity contribution in [2.45, 2.75) is 0 Å². The Morgan fingerprint density at radius 3 is 2.26 bits per heavy atom. The van der Waals surface area contributed by atoms with Crippen LogP contribution in [-0.2, 0) is 4.74 Å². The van der Waals surface area contributed by atoms with Crippen LogP contribution in [0.1, 0.15) is 0 Å². The van der Waals surface area contributed by atoms with Gasteiger partial charge in [0.15, 0.2) is 10.9 Å². The van der Waals surface area contributed by atoms with Crippen molar-refractivity contribution in [1.29, 1.82) is 0 Å². The number of nitrogens with zero attached hydrogens (tertiary/aromatic N) is 2. The summed E-state index contributed by atoms with van der Waals surface area (Å²) in [5.74, 6) is 0.201. The number of morpholine rings is 1. The first-order chi connectivity index (χ1) is 11.1. The quantitative estimate of drug-likeness (QED) is 0.492. The van der Waals surface area contributed by atoms with Crippen molar-refractivity contribution in [2.24, 2.45) is 0 Å². The molecule has 0 unspecified atom stereocenters. The molecule has 2 aliphatic heterocycles. The van der Waals surface area contributed by atoms with Crippen molar-refractivity contribution in [1.82, 2.24) is 4.90 Å². The van der Waals surface area contributed by atoms with Gasteiger partial charge >= 0.3 is 5.70 Å². The molecule has 0 bridgehead atoms. The molecule has 0 saturated carbocycles. The highest BCUT2D eigenvalue weighted by Gasteiger charge is 2.31. The van der Waals surface area contributed by atoms with E-state index < -0.39 is 4.92 Å². The molecule has 0 radical (unpaired) electrons. The second kappa shape index (κ2) is 6.66. The van der Waals surface area contributed by atoms with Crippen molar-refractivity contribution in [3.05, 3.63) is 56.1 Å². The van der Waals surface area contributed by atoms with E-state index in [1.54, 1.807) is 4.90 Å². The van der Waals surface area contributed by atoms with Gasteiger partial charge in [0, 0.05) is 13.1 Å². The highest BCUT2D eigenvalue weighted by molar-refractivity contribution is 6.40. The third kappa shape index (κ3) is 3.21. The van der Waals surface area contributed by atoms with E-state index in [1.165, 1.54) is 0 Å². The zero-order chi connectivity index (χ0) is 16.4. The van der Waals surface area contributed by atoms with E-state index in [1.807, 2.05) is 24.3 Å². The van der Waals surface area contributed by atoms with Crippen molar-refractivity contribution in [3.63, 3.8) is 0 Å². The maximum absolute atomic E-state index is 11.5. The molecule has 0 aromatic heterocycles. The SMILES string of the molecule is O=[N+]([O-])C(=C1Nc2ccccc2N1)/C(Cl)=C(\Cl)N1CCOCC1. The van der Waals surface area contributed by atoms with Crippen LogP contribution in [0.3, 0.4) is 0 Å². The molecular weight excluding hydrogens is 343 g/mol. The minimum absolute atomic E-state index is 0.110. The maximum Gasteiger partial charge on any atom is 0.331 e. The summed E-state index contributed by atoms with van der Waals surface area (Å²) in [4.78, 5) is 12.7. The molecule has 0 spiro atoms. The molecule has 2 aliphatic rings. The van der Waals surface area contributed by atoms with Crippen LogP contribution in [0.25, 0.3) is 0 Å². The average Bonchev–Trinajstić information content (AvgIpc) is 2.98. The molecule has 1 fully saturated rings. The summed E-state index contributed by atoms with van der Waals surface area (Å²) >= 11 is 12.5. The molecule has 1 saturated heterocycles. The van der Waals surface area contributed by atoms with Crippen LogP contribution in [-0.4, -0.2) is 36.1 Å². The predicted molar refractivity (Wildman–Crippen MR) is 88.8 cm³/mol. The van der Waals surface area contributed by atoms with Gasteiger partial charge in [-0.1, -0.05) is 35.3 Å². The summed E-state index contributed by atoms with van der Waals surface area (Å²) in [7, 11) is 0. The lowest BCUT2D eigenvalue weighted by Crippen LogP contribution is -2.35. The van der Waals surface area contributed by atoms with Gasteiger partial charge in [-0.25, -0.2) is 0 Å². The fraction of sp³-hybridized carbons (Fsp3) is 0.286. The third-order valence-electron chi connectivity index (χ3n) is 3.54. The molecule has 7 nitrogen and oxygen atoms in total. The Balaban J connectivity index is 1.96. The molecule has 0 amide bonds. The molecular formula is C14H14Cl2N4O3. The highest BCUT2D eigenvalue weighted by Crippen LogP contribution is 2.35. The number of hydrogen-bond donors (Lipinski definition) is 2. The van der Waals surface area contributed by atoms with Crippen molar-refractivity contribution in [2.75, 3.05) is 36.9 Å². The Morgan fingerprint density at radius 2 is 1.74 bits per heavy atom. The van der Waals surface area contributed by atoms with Gasteiger partial charge in [-0.2, -0.15) is 0 Å². The van der Waals surface area contributed by atoms with E-state index in [-0.39, 0.29) is 21.7 Å². The lowest BCUT2D eigenvalue weighted by atomic mass is 10.3. The summed E-state index contributed by atoms with van der Waals surface area (Å²) in [6.07, 6.45) is 0. The van der Waals surface area contributed by atoms with Crippen LogP contribution in [0.15, 0.2) is 46.0 Å². The van der Waals surface area contributed by atoms with Crippen molar-refractivity contribution >= 4 is 34.6 Å². The molecule has 1 aromatic carbocycles. The number of allylic oxidation sites excluding steroid dienone is 1. The van der Waals surface area contributed by atoms with E-state index in [9.17, 15) is 10.1 Å². The van der Waals surface area contributed by atoms with Gasteiger partial charge in [0.25, 0.3) is 0 Å². The Kier molecular flexibility index (Phi) is 4.61. The fourth-order valence-corrected chi connectivity index (χ4v) is 2.94. The molecule has 1 aromatic rings. The maximum atomic E-state index is 11.5. The number of benzene rings is 1. The van der Waals surface area contributed by atoms with Crippen molar-refractivity contribution < 1.29 is 9.66 Å². The number of rotatable bonds is 3. The summed E-state index contributed by atoms with van der Waals surface area (Å²) in [5.41, 5.74) is 1.20. The Bertz CT molecular complexity index is 672. The van der Waals surface area contributed by atoms with Gasteiger partial charge in [-0.3, -0.25) is 10.1 Å². The van der Waals surface area contributed by atoms with Crippen LogP contribution in [0.5, 0.6) is 0 Å². The minimum atomic E-state index is -0.549. The number of hydrogen-bond acceptors (Lipinski definition) is 6. The summed E-state index contributed by atoms with van der Waals surface area (Å²) < 4.78 is 5.24. The molecule has 2 heterocycles. The highest BCUT2D eigenvalue weighted by atomic mass is 35.5. The van der Waals surface area contributed by atoms with Crippen LogP contribution in [0, 0.1) is 10.1 Å². The Labute approximate surface area is 142 Å². The zero-order valence-electron chi connectivity index (χ0n) is 12.0. The topological polar surface area (TPSA) is 79.7 Å². The lowest BCUT2D eigenvalue weighted by Gasteiger charge is -2.28. The number of halogens is 2. The zero-order valence-corrected chi connectivity index (χ0v) is 13.5. The summed E-state index contributed by atoms with van der Waals surface area (Å²) in [5, 5.41) is 17.5. The minimum Gasteiger partial charge on any atom is -0.378 e. The number of anilines is 2. The second-order valence-electron chi connectivity index (χ2n) is 4.98. The first-order valence-electron chi connectivity index (χ1n) is 6.98. The van der Waals surface area contributed by atoms with Gasteiger partial charge in [0.1, 0.15) is 5.16 Å². The number of para-hydroxylation sites is 2.